The van der Waals surface area contributed by atoms with Crippen molar-refractivity contribution >= 4 is 11.6 Å². The molecular formula is C14H19N3O4. The number of ether oxygens (including phenoxy) is 1. The van der Waals surface area contributed by atoms with E-state index in [0.29, 0.717) is 25.3 Å². The van der Waals surface area contributed by atoms with Crippen molar-refractivity contribution in [1.29, 1.82) is 0 Å². The van der Waals surface area contributed by atoms with E-state index in [-0.39, 0.29) is 17.7 Å². The summed E-state index contributed by atoms with van der Waals surface area (Å²) in [5.74, 6) is -0.605. The molecule has 1 amide bonds. The first-order valence-corrected chi connectivity index (χ1v) is 6.92. The van der Waals surface area contributed by atoms with Crippen molar-refractivity contribution in [1.82, 2.24) is 10.6 Å². The molecule has 2 N–H and O–H groups in total. The second kappa shape index (κ2) is 7.14. The smallest absolute Gasteiger partial charge is 0.269 e. The molecule has 2 unspecified atom stereocenters. The van der Waals surface area contributed by atoms with Crippen LogP contribution in [0, 0.1) is 10.1 Å². The molecule has 1 fully saturated rings. The molecule has 0 aromatic heterocycles. The maximum absolute atomic E-state index is 12.1. The number of non-ortho nitro benzene ring substituents is 1. The van der Waals surface area contributed by atoms with Crippen LogP contribution in [0.1, 0.15) is 18.4 Å². The molecule has 0 aliphatic carbocycles. The second-order valence-corrected chi connectivity index (χ2v) is 5.02. The van der Waals surface area contributed by atoms with Gasteiger partial charge in [-0.15, -0.1) is 0 Å². The number of nitrogens with zero attached hydrogens (tertiary/aromatic N) is 1. The summed E-state index contributed by atoms with van der Waals surface area (Å²) in [6, 6.07) is 6.15. The van der Waals surface area contributed by atoms with E-state index in [4.69, 9.17) is 4.74 Å². The zero-order chi connectivity index (χ0) is 15.2. The predicted octanol–water partition coefficient (Wildman–Crippen LogP) is 0.803. The normalized spacial score (nSPS) is 19.8. The molecule has 1 aromatic rings. The van der Waals surface area contributed by atoms with Gasteiger partial charge < -0.3 is 15.4 Å². The quantitative estimate of drug-likeness (QED) is 0.619. The molecular weight excluding hydrogens is 274 g/mol. The third kappa shape index (κ3) is 4.24. The van der Waals surface area contributed by atoms with Crippen LogP contribution in [0.2, 0.25) is 0 Å². The van der Waals surface area contributed by atoms with E-state index in [0.717, 1.165) is 6.54 Å². The SMILES string of the molecule is CC(C(=O)NCC1CNCCO1)c1cccc([N+](=O)[O-])c1. The van der Waals surface area contributed by atoms with Crippen molar-refractivity contribution in [2.24, 2.45) is 0 Å². The van der Waals surface area contributed by atoms with Gasteiger partial charge in [-0.05, 0) is 12.5 Å². The fourth-order valence-corrected chi connectivity index (χ4v) is 2.18. The molecule has 0 spiro atoms. The Balaban J connectivity index is 1.92. The number of hydrogen-bond acceptors (Lipinski definition) is 5. The lowest BCUT2D eigenvalue weighted by molar-refractivity contribution is -0.384. The van der Waals surface area contributed by atoms with Crippen LogP contribution in [0.4, 0.5) is 5.69 Å². The minimum atomic E-state index is -0.463. The Labute approximate surface area is 122 Å². The lowest BCUT2D eigenvalue weighted by Crippen LogP contribution is -2.45. The summed E-state index contributed by atoms with van der Waals surface area (Å²) in [6.07, 6.45) is -0.0278. The van der Waals surface area contributed by atoms with Crippen molar-refractivity contribution in [2.45, 2.75) is 18.9 Å². The number of amides is 1. The number of benzene rings is 1. The van der Waals surface area contributed by atoms with Gasteiger partial charge in [0.2, 0.25) is 5.91 Å². The summed E-state index contributed by atoms with van der Waals surface area (Å²) in [4.78, 5) is 22.4. The number of nitro benzene ring substituents is 1. The highest BCUT2D eigenvalue weighted by Gasteiger charge is 2.20. The fourth-order valence-electron chi connectivity index (χ4n) is 2.18. The Bertz CT molecular complexity index is 515. The molecule has 2 atom stereocenters. The number of nitro groups is 1. The van der Waals surface area contributed by atoms with Gasteiger partial charge >= 0.3 is 0 Å². The minimum absolute atomic E-state index is 0.00744. The van der Waals surface area contributed by atoms with E-state index >= 15 is 0 Å². The van der Waals surface area contributed by atoms with Crippen LogP contribution in [0.25, 0.3) is 0 Å². The summed E-state index contributed by atoms with van der Waals surface area (Å²) >= 11 is 0. The number of morpholine rings is 1. The van der Waals surface area contributed by atoms with Crippen molar-refractivity contribution in [3.63, 3.8) is 0 Å². The average molecular weight is 293 g/mol. The summed E-state index contributed by atoms with van der Waals surface area (Å²) in [7, 11) is 0. The van der Waals surface area contributed by atoms with Gasteiger partial charge in [-0.1, -0.05) is 12.1 Å². The van der Waals surface area contributed by atoms with Gasteiger partial charge in [0.1, 0.15) is 0 Å². The first-order chi connectivity index (χ1) is 10.1. The number of rotatable bonds is 5. The van der Waals surface area contributed by atoms with Crippen molar-refractivity contribution in [3.05, 3.63) is 39.9 Å². The standard InChI is InChI=1S/C14H19N3O4/c1-10(11-3-2-4-12(7-11)17(19)20)14(18)16-9-13-8-15-5-6-21-13/h2-4,7,10,13,15H,5-6,8-9H2,1H3,(H,16,18). The molecule has 2 rings (SSSR count). The molecule has 1 saturated heterocycles. The molecule has 1 heterocycles. The van der Waals surface area contributed by atoms with Gasteiger partial charge in [0.25, 0.3) is 5.69 Å². The molecule has 114 valence electrons. The zero-order valence-corrected chi connectivity index (χ0v) is 11.9. The van der Waals surface area contributed by atoms with Gasteiger partial charge in [0.15, 0.2) is 0 Å². The molecule has 0 bridgehead atoms. The first kappa shape index (κ1) is 15.4. The van der Waals surface area contributed by atoms with Gasteiger partial charge in [0, 0.05) is 31.8 Å². The molecule has 1 aliphatic heterocycles. The summed E-state index contributed by atoms with van der Waals surface area (Å²) < 4.78 is 5.50. The number of carbonyl (C=O) groups is 1. The number of hydrogen-bond donors (Lipinski definition) is 2. The topological polar surface area (TPSA) is 93.5 Å². The van der Waals surface area contributed by atoms with Crippen LogP contribution in [0.5, 0.6) is 0 Å². The third-order valence-corrected chi connectivity index (χ3v) is 3.48. The largest absolute Gasteiger partial charge is 0.374 e. The Morgan fingerprint density at radius 2 is 2.43 bits per heavy atom. The monoisotopic (exact) mass is 293 g/mol. The van der Waals surface area contributed by atoms with Crippen LogP contribution in [0.3, 0.4) is 0 Å². The second-order valence-electron chi connectivity index (χ2n) is 5.02. The predicted molar refractivity (Wildman–Crippen MR) is 77.1 cm³/mol. The molecule has 21 heavy (non-hydrogen) atoms. The molecule has 0 radical (unpaired) electrons. The third-order valence-electron chi connectivity index (χ3n) is 3.48. The number of nitrogens with one attached hydrogen (secondary N) is 2. The molecule has 7 heteroatoms. The Morgan fingerprint density at radius 1 is 1.62 bits per heavy atom. The molecule has 0 saturated carbocycles. The maximum Gasteiger partial charge on any atom is 0.269 e. The van der Waals surface area contributed by atoms with E-state index in [2.05, 4.69) is 10.6 Å². The van der Waals surface area contributed by atoms with Gasteiger partial charge in [0.05, 0.1) is 23.6 Å². The minimum Gasteiger partial charge on any atom is -0.374 e. The summed E-state index contributed by atoms with van der Waals surface area (Å²) in [6.45, 7) is 4.35. The summed E-state index contributed by atoms with van der Waals surface area (Å²) in [5.41, 5.74) is 0.622. The Kier molecular flexibility index (Phi) is 5.24. The van der Waals surface area contributed by atoms with E-state index in [1.165, 1.54) is 12.1 Å². The van der Waals surface area contributed by atoms with Crippen LogP contribution in [-0.4, -0.2) is 43.2 Å². The van der Waals surface area contributed by atoms with Crippen molar-refractivity contribution < 1.29 is 14.5 Å². The van der Waals surface area contributed by atoms with E-state index in [1.807, 2.05) is 0 Å². The highest BCUT2D eigenvalue weighted by atomic mass is 16.6. The molecule has 1 aliphatic rings. The fraction of sp³-hybridized carbons (Fsp3) is 0.500. The van der Waals surface area contributed by atoms with Crippen LogP contribution in [0.15, 0.2) is 24.3 Å². The lowest BCUT2D eigenvalue weighted by Gasteiger charge is -2.24. The first-order valence-electron chi connectivity index (χ1n) is 6.92. The highest BCUT2D eigenvalue weighted by Crippen LogP contribution is 2.20. The molecule has 1 aromatic carbocycles. The van der Waals surface area contributed by atoms with Crippen molar-refractivity contribution in [2.75, 3.05) is 26.2 Å². The Hall–Kier alpha value is -1.99. The Morgan fingerprint density at radius 3 is 3.10 bits per heavy atom. The van der Waals surface area contributed by atoms with Crippen LogP contribution in [-0.2, 0) is 9.53 Å². The number of carbonyl (C=O) groups excluding carboxylic acids is 1. The van der Waals surface area contributed by atoms with E-state index < -0.39 is 10.8 Å². The van der Waals surface area contributed by atoms with Gasteiger partial charge in [-0.25, -0.2) is 0 Å². The lowest BCUT2D eigenvalue weighted by atomic mass is 10.00. The van der Waals surface area contributed by atoms with Crippen LogP contribution >= 0.6 is 0 Å². The van der Waals surface area contributed by atoms with Crippen LogP contribution < -0.4 is 10.6 Å². The van der Waals surface area contributed by atoms with Crippen molar-refractivity contribution in [3.8, 4) is 0 Å². The van der Waals surface area contributed by atoms with E-state index in [1.54, 1.807) is 19.1 Å². The maximum atomic E-state index is 12.1. The average Bonchev–Trinajstić information content (AvgIpc) is 2.53. The summed E-state index contributed by atoms with van der Waals surface area (Å²) in [5, 5.41) is 16.8. The molecule has 7 nitrogen and oxygen atoms in total. The zero-order valence-electron chi connectivity index (χ0n) is 11.9. The van der Waals surface area contributed by atoms with E-state index in [9.17, 15) is 14.9 Å². The van der Waals surface area contributed by atoms with Gasteiger partial charge in [-0.3, -0.25) is 14.9 Å². The van der Waals surface area contributed by atoms with Gasteiger partial charge in [-0.2, -0.15) is 0 Å². The highest BCUT2D eigenvalue weighted by molar-refractivity contribution is 5.83.